The Morgan fingerprint density at radius 2 is 1.73 bits per heavy atom. The summed E-state index contributed by atoms with van der Waals surface area (Å²) >= 11 is 0. The number of nitrogens with zero attached hydrogens (tertiary/aromatic N) is 3. The third-order valence-corrected chi connectivity index (χ3v) is 6.36. The predicted octanol–water partition coefficient (Wildman–Crippen LogP) is 5.16. The number of aromatic nitrogens is 2. The quantitative estimate of drug-likeness (QED) is 0.338. The number of anilines is 3. The number of fused-ring (bicyclic) bond motifs is 1. The summed E-state index contributed by atoms with van der Waals surface area (Å²) in [6.07, 6.45) is 0.633. The summed E-state index contributed by atoms with van der Waals surface area (Å²) < 4.78 is 22.6. The molecule has 0 atom stereocenters. The molecule has 3 aromatic carbocycles. The fourth-order valence-corrected chi connectivity index (χ4v) is 4.54. The maximum absolute atomic E-state index is 6.07. The third kappa shape index (κ3) is 5.70. The molecule has 4 aromatic rings. The summed E-state index contributed by atoms with van der Waals surface area (Å²) in [5.41, 5.74) is 5.07. The van der Waals surface area contributed by atoms with Gasteiger partial charge in [0, 0.05) is 41.8 Å². The molecule has 2 heterocycles. The Kier molecular flexibility index (Phi) is 7.56. The van der Waals surface area contributed by atoms with Gasteiger partial charge in [0.2, 0.25) is 0 Å². The van der Waals surface area contributed by atoms with Crippen molar-refractivity contribution in [2.45, 2.75) is 13.3 Å². The van der Waals surface area contributed by atoms with E-state index in [1.54, 1.807) is 14.2 Å². The zero-order valence-corrected chi connectivity index (χ0v) is 21.5. The van der Waals surface area contributed by atoms with Gasteiger partial charge in [0.05, 0.1) is 39.6 Å². The lowest BCUT2D eigenvalue weighted by Gasteiger charge is -2.29. The molecule has 192 valence electrons. The average Bonchev–Trinajstić information content (AvgIpc) is 2.93. The van der Waals surface area contributed by atoms with Crippen LogP contribution in [-0.2, 0) is 11.2 Å². The van der Waals surface area contributed by atoms with Gasteiger partial charge in [0.1, 0.15) is 5.82 Å². The number of aryl methyl sites for hydroxylation is 1. The van der Waals surface area contributed by atoms with E-state index in [2.05, 4.69) is 41.4 Å². The molecule has 37 heavy (non-hydrogen) atoms. The largest absolute Gasteiger partial charge is 0.493 e. The third-order valence-electron chi connectivity index (χ3n) is 6.36. The van der Waals surface area contributed by atoms with Crippen molar-refractivity contribution in [3.05, 3.63) is 71.8 Å². The first-order chi connectivity index (χ1) is 18.1. The number of morpholine rings is 1. The zero-order valence-electron chi connectivity index (χ0n) is 21.5. The van der Waals surface area contributed by atoms with Gasteiger partial charge in [0.25, 0.3) is 0 Å². The first-order valence-electron chi connectivity index (χ1n) is 12.5. The van der Waals surface area contributed by atoms with Gasteiger partial charge in [-0.3, -0.25) is 0 Å². The van der Waals surface area contributed by atoms with E-state index in [-0.39, 0.29) is 0 Å². The number of hydrogen-bond donors (Lipinski definition) is 1. The van der Waals surface area contributed by atoms with Crippen LogP contribution in [0, 0.1) is 6.92 Å². The van der Waals surface area contributed by atoms with Crippen molar-refractivity contribution >= 4 is 28.1 Å². The van der Waals surface area contributed by atoms with E-state index in [1.165, 1.54) is 5.56 Å². The van der Waals surface area contributed by atoms with Crippen molar-refractivity contribution in [2.24, 2.45) is 0 Å². The highest BCUT2D eigenvalue weighted by Gasteiger charge is 2.19. The van der Waals surface area contributed by atoms with Gasteiger partial charge in [-0.05, 0) is 48.9 Å². The van der Waals surface area contributed by atoms with E-state index in [4.69, 9.17) is 28.9 Å². The first kappa shape index (κ1) is 24.6. The highest BCUT2D eigenvalue weighted by Crippen LogP contribution is 2.32. The van der Waals surface area contributed by atoms with Crippen molar-refractivity contribution in [1.29, 1.82) is 0 Å². The number of para-hydroxylation sites is 1. The van der Waals surface area contributed by atoms with Crippen LogP contribution in [0.25, 0.3) is 10.9 Å². The first-order valence-corrected chi connectivity index (χ1v) is 12.5. The Balaban J connectivity index is 1.41. The van der Waals surface area contributed by atoms with Gasteiger partial charge in [-0.1, -0.05) is 24.3 Å². The molecule has 1 saturated heterocycles. The molecule has 0 saturated carbocycles. The second-order valence-electron chi connectivity index (χ2n) is 8.91. The molecule has 1 aromatic heterocycles. The molecule has 5 rings (SSSR count). The molecule has 1 aliphatic heterocycles. The normalized spacial score (nSPS) is 13.4. The van der Waals surface area contributed by atoms with Gasteiger partial charge in [-0.2, -0.15) is 9.97 Å². The average molecular weight is 501 g/mol. The van der Waals surface area contributed by atoms with Crippen molar-refractivity contribution in [3.8, 4) is 17.5 Å². The van der Waals surface area contributed by atoms with Gasteiger partial charge >= 0.3 is 6.01 Å². The summed E-state index contributed by atoms with van der Waals surface area (Å²) in [5, 5.41) is 4.48. The topological polar surface area (TPSA) is 78.0 Å². The monoisotopic (exact) mass is 500 g/mol. The molecule has 8 heteroatoms. The molecule has 0 radical (unpaired) electrons. The highest BCUT2D eigenvalue weighted by molar-refractivity contribution is 5.93. The SMILES string of the molecule is COc1cccc(CCOc2nc(N3CCOCC3)c3cc(Nc4cccc(C)c4)ccc3n2)c1OC. The summed E-state index contributed by atoms with van der Waals surface area (Å²) in [6, 6.07) is 20.7. The van der Waals surface area contributed by atoms with Gasteiger partial charge in [-0.25, -0.2) is 0 Å². The molecule has 0 amide bonds. The lowest BCUT2D eigenvalue weighted by molar-refractivity contribution is 0.122. The van der Waals surface area contributed by atoms with Crippen LogP contribution >= 0.6 is 0 Å². The molecule has 0 aliphatic carbocycles. The molecule has 0 unspecified atom stereocenters. The second-order valence-corrected chi connectivity index (χ2v) is 8.91. The Hall–Kier alpha value is -4.04. The number of ether oxygens (including phenoxy) is 4. The van der Waals surface area contributed by atoms with Crippen molar-refractivity contribution in [2.75, 3.05) is 57.3 Å². The van der Waals surface area contributed by atoms with Gasteiger partial charge in [0.15, 0.2) is 11.5 Å². The van der Waals surface area contributed by atoms with E-state index >= 15 is 0 Å². The van der Waals surface area contributed by atoms with E-state index < -0.39 is 0 Å². The molecule has 1 N–H and O–H groups in total. The Morgan fingerprint density at radius 1 is 0.919 bits per heavy atom. The Morgan fingerprint density at radius 3 is 2.51 bits per heavy atom. The Bertz CT molecular complexity index is 1370. The van der Waals surface area contributed by atoms with Crippen molar-refractivity contribution < 1.29 is 18.9 Å². The van der Waals surface area contributed by atoms with Crippen LogP contribution in [0.15, 0.2) is 60.7 Å². The summed E-state index contributed by atoms with van der Waals surface area (Å²) in [5.74, 6) is 2.28. The number of methoxy groups -OCH3 is 2. The lowest BCUT2D eigenvalue weighted by Crippen LogP contribution is -2.37. The number of benzene rings is 3. The van der Waals surface area contributed by atoms with E-state index in [0.29, 0.717) is 38.0 Å². The summed E-state index contributed by atoms with van der Waals surface area (Å²) in [7, 11) is 3.28. The van der Waals surface area contributed by atoms with Crippen LogP contribution in [0.3, 0.4) is 0 Å². The minimum absolute atomic E-state index is 0.357. The minimum Gasteiger partial charge on any atom is -0.493 e. The smallest absolute Gasteiger partial charge is 0.318 e. The molecule has 8 nitrogen and oxygen atoms in total. The molecule has 0 spiro atoms. The van der Waals surface area contributed by atoms with E-state index in [0.717, 1.165) is 52.5 Å². The standard InChI is InChI=1S/C29H32N4O4/c1-20-6-4-8-22(18-20)30-23-10-11-25-24(19-23)28(33-13-16-36-17-14-33)32-29(31-25)37-15-12-21-7-5-9-26(34-2)27(21)35-3/h4-11,18-19,30H,12-17H2,1-3H3. The van der Waals surface area contributed by atoms with E-state index in [1.807, 2.05) is 36.4 Å². The van der Waals surface area contributed by atoms with E-state index in [9.17, 15) is 0 Å². The molecule has 0 bridgehead atoms. The minimum atomic E-state index is 0.357. The predicted molar refractivity (Wildman–Crippen MR) is 146 cm³/mol. The van der Waals surface area contributed by atoms with Crippen molar-refractivity contribution in [1.82, 2.24) is 9.97 Å². The lowest BCUT2D eigenvalue weighted by atomic mass is 10.1. The van der Waals surface area contributed by atoms with Crippen LogP contribution < -0.4 is 24.4 Å². The maximum Gasteiger partial charge on any atom is 0.318 e. The van der Waals surface area contributed by atoms with Crippen LogP contribution in [-0.4, -0.2) is 57.1 Å². The van der Waals surface area contributed by atoms with Crippen molar-refractivity contribution in [3.63, 3.8) is 0 Å². The van der Waals surface area contributed by atoms with Gasteiger partial charge < -0.3 is 29.2 Å². The zero-order chi connectivity index (χ0) is 25.6. The number of rotatable bonds is 9. The molecular weight excluding hydrogens is 468 g/mol. The van der Waals surface area contributed by atoms with Crippen LogP contribution in [0.5, 0.6) is 17.5 Å². The van der Waals surface area contributed by atoms with Gasteiger partial charge in [-0.15, -0.1) is 0 Å². The Labute approximate surface area is 217 Å². The maximum atomic E-state index is 6.07. The van der Waals surface area contributed by atoms with Crippen LogP contribution in [0.2, 0.25) is 0 Å². The fourth-order valence-electron chi connectivity index (χ4n) is 4.54. The second kappa shape index (κ2) is 11.3. The molecule has 1 aliphatic rings. The van der Waals surface area contributed by atoms with Crippen LogP contribution in [0.4, 0.5) is 17.2 Å². The summed E-state index contributed by atoms with van der Waals surface area (Å²) in [6.45, 7) is 5.35. The highest BCUT2D eigenvalue weighted by atomic mass is 16.5. The molecular formula is C29H32N4O4. The molecule has 1 fully saturated rings. The number of nitrogens with one attached hydrogen (secondary N) is 1. The summed E-state index contributed by atoms with van der Waals surface area (Å²) in [4.78, 5) is 11.8. The fraction of sp³-hybridized carbons (Fsp3) is 0.310. The number of hydrogen-bond acceptors (Lipinski definition) is 8. The van der Waals surface area contributed by atoms with Crippen LogP contribution in [0.1, 0.15) is 11.1 Å².